The van der Waals surface area contributed by atoms with Crippen molar-refractivity contribution >= 4 is 11.6 Å². The molecule has 0 radical (unpaired) electrons. The van der Waals surface area contributed by atoms with E-state index in [9.17, 15) is 4.39 Å². The number of halogens is 1. The zero-order valence-corrected chi connectivity index (χ0v) is 8.70. The molecule has 5 nitrogen and oxygen atoms in total. The van der Waals surface area contributed by atoms with Gasteiger partial charge in [-0.3, -0.25) is 5.10 Å². The van der Waals surface area contributed by atoms with Crippen molar-refractivity contribution in [2.45, 2.75) is 6.61 Å². The highest BCUT2D eigenvalue weighted by molar-refractivity contribution is 5.51. The van der Waals surface area contributed by atoms with E-state index in [-0.39, 0.29) is 5.82 Å². The molecular weight excluding hydrogens is 211 g/mol. The minimum absolute atomic E-state index is 0.140. The van der Waals surface area contributed by atoms with Crippen molar-refractivity contribution in [1.82, 2.24) is 15.2 Å². The van der Waals surface area contributed by atoms with E-state index in [1.807, 2.05) is 0 Å². The van der Waals surface area contributed by atoms with Crippen LogP contribution in [-0.2, 0) is 11.3 Å². The number of anilines is 2. The maximum absolute atomic E-state index is 13.4. The quantitative estimate of drug-likeness (QED) is 0.828. The molecule has 0 bridgehead atoms. The number of aromatic nitrogens is 3. The largest absolute Gasteiger partial charge is 0.378 e. The van der Waals surface area contributed by atoms with Crippen LogP contribution in [0.2, 0.25) is 0 Å². The van der Waals surface area contributed by atoms with Gasteiger partial charge < -0.3 is 10.1 Å². The second kappa shape index (κ2) is 4.71. The van der Waals surface area contributed by atoms with Crippen molar-refractivity contribution in [2.75, 3.05) is 12.4 Å². The Bertz CT molecular complexity index is 458. The van der Waals surface area contributed by atoms with Gasteiger partial charge in [0.15, 0.2) is 17.5 Å². The van der Waals surface area contributed by atoms with Gasteiger partial charge in [0.1, 0.15) is 0 Å². The Morgan fingerprint density at radius 2 is 2.31 bits per heavy atom. The van der Waals surface area contributed by atoms with Crippen LogP contribution in [0, 0.1) is 5.82 Å². The first-order chi connectivity index (χ1) is 7.79. The van der Waals surface area contributed by atoms with Gasteiger partial charge in [-0.1, -0.05) is 0 Å². The second-order valence-corrected chi connectivity index (χ2v) is 3.15. The van der Waals surface area contributed by atoms with Crippen molar-refractivity contribution < 1.29 is 9.13 Å². The van der Waals surface area contributed by atoms with Gasteiger partial charge in [0.05, 0.1) is 12.3 Å². The SMILES string of the molecule is COCc1ccc(F)c(Nc2cc[nH]n2)n1. The maximum atomic E-state index is 13.4. The molecule has 0 spiro atoms. The van der Waals surface area contributed by atoms with Gasteiger partial charge in [0, 0.05) is 19.4 Å². The molecule has 16 heavy (non-hydrogen) atoms. The monoisotopic (exact) mass is 222 g/mol. The summed E-state index contributed by atoms with van der Waals surface area (Å²) in [6.45, 7) is 0.343. The molecule has 0 atom stereocenters. The summed E-state index contributed by atoms with van der Waals surface area (Å²) in [5, 5.41) is 9.24. The number of pyridine rings is 1. The van der Waals surface area contributed by atoms with Crippen LogP contribution in [0.1, 0.15) is 5.69 Å². The molecule has 6 heteroatoms. The predicted octanol–water partition coefficient (Wildman–Crippen LogP) is 1.83. The van der Waals surface area contributed by atoms with E-state index in [1.165, 1.54) is 6.07 Å². The molecule has 0 aliphatic carbocycles. The Hall–Kier alpha value is -1.95. The molecule has 0 aromatic carbocycles. The minimum atomic E-state index is -0.428. The third-order valence-corrected chi connectivity index (χ3v) is 1.94. The summed E-state index contributed by atoms with van der Waals surface area (Å²) in [4.78, 5) is 4.07. The van der Waals surface area contributed by atoms with Crippen molar-refractivity contribution in [3.05, 3.63) is 35.9 Å². The molecular formula is C10H11FN4O. The zero-order chi connectivity index (χ0) is 11.4. The van der Waals surface area contributed by atoms with Gasteiger partial charge in [-0.05, 0) is 12.1 Å². The molecule has 2 N–H and O–H groups in total. The van der Waals surface area contributed by atoms with E-state index in [0.29, 0.717) is 18.1 Å². The number of nitrogens with zero attached hydrogens (tertiary/aromatic N) is 2. The number of rotatable bonds is 4. The molecule has 2 aromatic heterocycles. The van der Waals surface area contributed by atoms with E-state index in [4.69, 9.17) is 4.74 Å². The Kier molecular flexibility index (Phi) is 3.11. The van der Waals surface area contributed by atoms with Crippen LogP contribution in [0.4, 0.5) is 16.0 Å². The topological polar surface area (TPSA) is 62.8 Å². The Morgan fingerprint density at radius 3 is 3.00 bits per heavy atom. The molecule has 0 aliphatic heterocycles. The first-order valence-electron chi connectivity index (χ1n) is 4.71. The van der Waals surface area contributed by atoms with E-state index in [1.54, 1.807) is 25.4 Å². The maximum Gasteiger partial charge on any atom is 0.168 e. The summed E-state index contributed by atoms with van der Waals surface area (Å²) in [7, 11) is 1.56. The number of H-pyrrole nitrogens is 1. The highest BCUT2D eigenvalue weighted by Crippen LogP contribution is 2.16. The fourth-order valence-electron chi connectivity index (χ4n) is 1.25. The van der Waals surface area contributed by atoms with Crippen LogP contribution in [0.3, 0.4) is 0 Å². The third-order valence-electron chi connectivity index (χ3n) is 1.94. The summed E-state index contributed by atoms with van der Waals surface area (Å²) in [5.41, 5.74) is 0.655. The van der Waals surface area contributed by atoms with Crippen LogP contribution in [0.5, 0.6) is 0 Å². The normalized spacial score (nSPS) is 10.4. The van der Waals surface area contributed by atoms with Gasteiger partial charge >= 0.3 is 0 Å². The van der Waals surface area contributed by atoms with E-state index in [0.717, 1.165) is 0 Å². The first kappa shape index (κ1) is 10.6. The van der Waals surface area contributed by atoms with Gasteiger partial charge in [-0.15, -0.1) is 0 Å². The summed E-state index contributed by atoms with van der Waals surface area (Å²) in [6, 6.07) is 4.61. The molecule has 0 aliphatic rings. The van der Waals surface area contributed by atoms with Crippen LogP contribution in [0.25, 0.3) is 0 Å². The standard InChI is InChI=1S/C10H11FN4O/c1-16-6-7-2-3-8(11)10(13-7)14-9-4-5-12-15-9/h2-5H,6H2,1H3,(H2,12,13,14,15). The number of hydrogen-bond donors (Lipinski definition) is 2. The number of aromatic amines is 1. The van der Waals surface area contributed by atoms with Gasteiger partial charge in [0.2, 0.25) is 0 Å². The van der Waals surface area contributed by atoms with E-state index in [2.05, 4.69) is 20.5 Å². The first-order valence-corrected chi connectivity index (χ1v) is 4.71. The van der Waals surface area contributed by atoms with Crippen LogP contribution in [-0.4, -0.2) is 22.3 Å². The molecule has 2 heterocycles. The Balaban J connectivity index is 2.21. The number of hydrogen-bond acceptors (Lipinski definition) is 4. The van der Waals surface area contributed by atoms with Crippen LogP contribution in [0.15, 0.2) is 24.4 Å². The summed E-state index contributed by atoms with van der Waals surface area (Å²) >= 11 is 0. The molecule has 0 unspecified atom stereocenters. The van der Waals surface area contributed by atoms with E-state index >= 15 is 0 Å². The lowest BCUT2D eigenvalue weighted by molar-refractivity contribution is 0.181. The van der Waals surface area contributed by atoms with Gasteiger partial charge in [-0.2, -0.15) is 5.10 Å². The predicted molar refractivity (Wildman–Crippen MR) is 56.8 cm³/mol. The lowest BCUT2D eigenvalue weighted by Gasteiger charge is -2.05. The molecule has 0 saturated carbocycles. The van der Waals surface area contributed by atoms with Crippen molar-refractivity contribution in [2.24, 2.45) is 0 Å². The van der Waals surface area contributed by atoms with Gasteiger partial charge in [-0.25, -0.2) is 9.37 Å². The Morgan fingerprint density at radius 1 is 1.44 bits per heavy atom. The van der Waals surface area contributed by atoms with E-state index < -0.39 is 5.82 Å². The van der Waals surface area contributed by atoms with Crippen LogP contribution >= 0.6 is 0 Å². The number of methoxy groups -OCH3 is 1. The van der Waals surface area contributed by atoms with Crippen molar-refractivity contribution in [3.8, 4) is 0 Å². The zero-order valence-electron chi connectivity index (χ0n) is 8.70. The lowest BCUT2D eigenvalue weighted by atomic mass is 10.3. The van der Waals surface area contributed by atoms with Crippen molar-refractivity contribution in [1.29, 1.82) is 0 Å². The molecule has 0 fully saturated rings. The highest BCUT2D eigenvalue weighted by Gasteiger charge is 2.06. The fourth-order valence-corrected chi connectivity index (χ4v) is 1.25. The molecule has 2 rings (SSSR count). The highest BCUT2D eigenvalue weighted by atomic mass is 19.1. The number of ether oxygens (including phenoxy) is 1. The average Bonchev–Trinajstić information content (AvgIpc) is 2.76. The molecule has 0 amide bonds. The Labute approximate surface area is 91.7 Å². The molecule has 0 saturated heterocycles. The van der Waals surface area contributed by atoms with Crippen molar-refractivity contribution in [3.63, 3.8) is 0 Å². The lowest BCUT2D eigenvalue weighted by Crippen LogP contribution is -2.01. The summed E-state index contributed by atoms with van der Waals surface area (Å²) in [5.74, 6) is 0.227. The molecule has 2 aromatic rings. The average molecular weight is 222 g/mol. The van der Waals surface area contributed by atoms with Crippen LogP contribution < -0.4 is 5.32 Å². The second-order valence-electron chi connectivity index (χ2n) is 3.15. The minimum Gasteiger partial charge on any atom is -0.378 e. The smallest absolute Gasteiger partial charge is 0.168 e. The third kappa shape index (κ3) is 2.34. The fraction of sp³-hybridized carbons (Fsp3) is 0.200. The molecule has 84 valence electrons. The summed E-state index contributed by atoms with van der Waals surface area (Å²) in [6.07, 6.45) is 1.64. The van der Waals surface area contributed by atoms with Gasteiger partial charge in [0.25, 0.3) is 0 Å². The summed E-state index contributed by atoms with van der Waals surface area (Å²) < 4.78 is 18.3. The number of nitrogens with one attached hydrogen (secondary N) is 2.